The van der Waals surface area contributed by atoms with Crippen molar-refractivity contribution >= 4 is 28.3 Å². The average Bonchev–Trinajstić information content (AvgIpc) is 3.27. The van der Waals surface area contributed by atoms with E-state index in [0.29, 0.717) is 22.4 Å². The van der Waals surface area contributed by atoms with E-state index in [4.69, 9.17) is 21.8 Å². The molecule has 1 saturated heterocycles. The predicted molar refractivity (Wildman–Crippen MR) is 106 cm³/mol. The minimum Gasteiger partial charge on any atom is -0.371 e. The quantitative estimate of drug-likeness (QED) is 0.694. The van der Waals surface area contributed by atoms with Crippen LogP contribution in [0.2, 0.25) is 5.02 Å². The molecule has 4 rings (SSSR count). The fraction of sp³-hybridized carbons (Fsp3) is 0.333. The van der Waals surface area contributed by atoms with E-state index in [9.17, 15) is 0 Å². The Morgan fingerprint density at radius 3 is 2.85 bits per heavy atom. The zero-order valence-corrected chi connectivity index (χ0v) is 15.7. The van der Waals surface area contributed by atoms with E-state index in [1.165, 1.54) is 5.56 Å². The Balaban J connectivity index is 1.56. The number of nitrogens with zero attached hydrogens (tertiary/aromatic N) is 3. The third kappa shape index (κ3) is 3.04. The molecule has 4 nitrogen and oxygen atoms in total. The van der Waals surface area contributed by atoms with Gasteiger partial charge in [-0.2, -0.15) is 5.26 Å². The molecule has 1 aliphatic heterocycles. The summed E-state index contributed by atoms with van der Waals surface area (Å²) in [5.41, 5.74) is 5.06. The normalized spacial score (nSPS) is 17.2. The Bertz CT molecular complexity index is 999. The molecule has 1 fully saturated rings. The summed E-state index contributed by atoms with van der Waals surface area (Å²) in [5, 5.41) is 9.54. The maximum Gasteiger partial charge on any atom is 0.112 e. The summed E-state index contributed by atoms with van der Waals surface area (Å²) in [6.07, 6.45) is 1.05. The summed E-state index contributed by atoms with van der Waals surface area (Å²) in [4.78, 5) is 10.7. The number of H-pyrrole nitrogens is 1. The molecule has 0 radical (unpaired) electrons. The van der Waals surface area contributed by atoms with Crippen LogP contribution in [0.25, 0.3) is 11.0 Å². The van der Waals surface area contributed by atoms with Gasteiger partial charge in [0.05, 0.1) is 21.6 Å². The van der Waals surface area contributed by atoms with Crippen LogP contribution >= 0.6 is 11.6 Å². The Labute approximate surface area is 158 Å². The van der Waals surface area contributed by atoms with Gasteiger partial charge < -0.3 is 9.88 Å². The van der Waals surface area contributed by atoms with E-state index in [1.54, 1.807) is 6.07 Å². The molecule has 132 valence electrons. The van der Waals surface area contributed by atoms with Crippen LogP contribution in [-0.2, 0) is 0 Å². The molecule has 0 spiro atoms. The molecule has 0 bridgehead atoms. The number of aromatic amines is 1. The van der Waals surface area contributed by atoms with Crippen LogP contribution < -0.4 is 4.90 Å². The third-order valence-corrected chi connectivity index (χ3v) is 5.52. The average molecular weight is 365 g/mol. The summed E-state index contributed by atoms with van der Waals surface area (Å²) in [7, 11) is 0. The maximum absolute atomic E-state index is 9.03. The second-order valence-corrected chi connectivity index (χ2v) is 7.67. The minimum absolute atomic E-state index is 0.374. The van der Waals surface area contributed by atoms with Crippen molar-refractivity contribution in [2.45, 2.75) is 32.1 Å². The number of anilines is 1. The van der Waals surface area contributed by atoms with Gasteiger partial charge in [-0.05, 0) is 48.2 Å². The molecule has 3 aromatic rings. The topological polar surface area (TPSA) is 55.7 Å². The van der Waals surface area contributed by atoms with Crippen LogP contribution in [-0.4, -0.2) is 23.1 Å². The molecule has 2 heterocycles. The summed E-state index contributed by atoms with van der Waals surface area (Å²) >= 11 is 6.19. The van der Waals surface area contributed by atoms with E-state index in [2.05, 4.69) is 48.0 Å². The van der Waals surface area contributed by atoms with Crippen LogP contribution in [0.3, 0.4) is 0 Å². The summed E-state index contributed by atoms with van der Waals surface area (Å²) in [6.45, 7) is 6.27. The van der Waals surface area contributed by atoms with E-state index in [1.807, 2.05) is 12.1 Å². The van der Waals surface area contributed by atoms with Crippen molar-refractivity contribution in [2.75, 3.05) is 18.0 Å². The fourth-order valence-electron chi connectivity index (χ4n) is 3.61. The first-order valence-corrected chi connectivity index (χ1v) is 9.37. The molecule has 1 atom stereocenters. The van der Waals surface area contributed by atoms with Crippen molar-refractivity contribution in [3.63, 3.8) is 0 Å². The molecule has 2 aromatic carbocycles. The highest BCUT2D eigenvalue weighted by Crippen LogP contribution is 2.32. The lowest BCUT2D eigenvalue weighted by Crippen LogP contribution is -2.19. The SMILES string of the molecule is CC(C)c1ccc2nc([C@H]3CCN(c4ccc(C#N)c(Cl)c4)C3)[nH]c2c1. The Kier molecular flexibility index (Phi) is 4.34. The lowest BCUT2D eigenvalue weighted by atomic mass is 10.0. The Morgan fingerprint density at radius 1 is 1.27 bits per heavy atom. The number of benzene rings is 2. The van der Waals surface area contributed by atoms with Crippen molar-refractivity contribution < 1.29 is 0 Å². The van der Waals surface area contributed by atoms with Gasteiger partial charge in [-0.1, -0.05) is 31.5 Å². The summed E-state index contributed by atoms with van der Waals surface area (Å²) in [6, 6.07) is 14.2. The van der Waals surface area contributed by atoms with Crippen LogP contribution in [0.1, 0.15) is 49.1 Å². The molecule has 1 aromatic heterocycles. The van der Waals surface area contributed by atoms with Crippen molar-refractivity contribution in [3.05, 3.63) is 58.4 Å². The first kappa shape index (κ1) is 16.9. The lowest BCUT2D eigenvalue weighted by molar-refractivity contribution is 0.726. The lowest BCUT2D eigenvalue weighted by Gasteiger charge is -2.18. The molecular formula is C21H21ClN4. The van der Waals surface area contributed by atoms with E-state index >= 15 is 0 Å². The van der Waals surface area contributed by atoms with Gasteiger partial charge >= 0.3 is 0 Å². The second-order valence-electron chi connectivity index (χ2n) is 7.26. The third-order valence-electron chi connectivity index (χ3n) is 5.20. The number of imidazole rings is 1. The zero-order chi connectivity index (χ0) is 18.3. The van der Waals surface area contributed by atoms with Gasteiger partial charge in [-0.15, -0.1) is 0 Å². The molecule has 0 aliphatic carbocycles. The molecule has 0 saturated carbocycles. The van der Waals surface area contributed by atoms with Crippen LogP contribution in [0.4, 0.5) is 5.69 Å². The van der Waals surface area contributed by atoms with Gasteiger partial charge in [0, 0.05) is 24.7 Å². The van der Waals surface area contributed by atoms with Gasteiger partial charge in [0.1, 0.15) is 11.9 Å². The molecule has 26 heavy (non-hydrogen) atoms. The highest BCUT2D eigenvalue weighted by Gasteiger charge is 2.27. The fourth-order valence-corrected chi connectivity index (χ4v) is 3.83. The first-order valence-electron chi connectivity index (χ1n) is 8.99. The number of hydrogen-bond donors (Lipinski definition) is 1. The van der Waals surface area contributed by atoms with Gasteiger partial charge in [-0.25, -0.2) is 4.98 Å². The zero-order valence-electron chi connectivity index (χ0n) is 15.0. The number of hydrogen-bond acceptors (Lipinski definition) is 3. The standard InChI is InChI=1S/C21H21ClN4/c1-13(2)14-4-6-19-20(9-14)25-21(24-19)16-7-8-26(12-16)17-5-3-15(11-23)18(22)10-17/h3-6,9-10,13,16H,7-8,12H2,1-2H3,(H,24,25)/t16-/m0/s1. The summed E-state index contributed by atoms with van der Waals surface area (Å²) < 4.78 is 0. The van der Waals surface area contributed by atoms with Gasteiger partial charge in [0.15, 0.2) is 0 Å². The Morgan fingerprint density at radius 2 is 2.12 bits per heavy atom. The number of rotatable bonds is 3. The van der Waals surface area contributed by atoms with Gasteiger partial charge in [-0.3, -0.25) is 0 Å². The highest BCUT2D eigenvalue weighted by atomic mass is 35.5. The predicted octanol–water partition coefficient (Wildman–Crippen LogP) is 5.21. The van der Waals surface area contributed by atoms with Crippen LogP contribution in [0.5, 0.6) is 0 Å². The van der Waals surface area contributed by atoms with Crippen LogP contribution in [0, 0.1) is 11.3 Å². The number of nitrogens with one attached hydrogen (secondary N) is 1. The second kappa shape index (κ2) is 6.66. The van der Waals surface area contributed by atoms with Crippen molar-refractivity contribution in [3.8, 4) is 6.07 Å². The number of fused-ring (bicyclic) bond motifs is 1. The number of aromatic nitrogens is 2. The molecule has 1 aliphatic rings. The molecule has 5 heteroatoms. The van der Waals surface area contributed by atoms with Crippen LogP contribution in [0.15, 0.2) is 36.4 Å². The number of halogens is 1. The van der Waals surface area contributed by atoms with Gasteiger partial charge in [0.25, 0.3) is 0 Å². The van der Waals surface area contributed by atoms with Crippen molar-refractivity contribution in [1.82, 2.24) is 9.97 Å². The molecular weight excluding hydrogens is 344 g/mol. The smallest absolute Gasteiger partial charge is 0.112 e. The minimum atomic E-state index is 0.374. The maximum atomic E-state index is 9.03. The van der Waals surface area contributed by atoms with Gasteiger partial charge in [0.2, 0.25) is 0 Å². The van der Waals surface area contributed by atoms with E-state index < -0.39 is 0 Å². The van der Waals surface area contributed by atoms with Crippen molar-refractivity contribution in [1.29, 1.82) is 5.26 Å². The first-order chi connectivity index (χ1) is 12.5. The molecule has 1 N–H and O–H groups in total. The highest BCUT2D eigenvalue weighted by molar-refractivity contribution is 6.32. The monoisotopic (exact) mass is 364 g/mol. The van der Waals surface area contributed by atoms with Crippen molar-refractivity contribution in [2.24, 2.45) is 0 Å². The van der Waals surface area contributed by atoms with E-state index in [-0.39, 0.29) is 0 Å². The molecule has 0 amide bonds. The number of nitriles is 1. The molecule has 0 unspecified atom stereocenters. The largest absolute Gasteiger partial charge is 0.371 e. The van der Waals surface area contributed by atoms with E-state index in [0.717, 1.165) is 42.1 Å². The Hall–Kier alpha value is -2.51. The summed E-state index contributed by atoms with van der Waals surface area (Å²) in [5.74, 6) is 1.94.